The number of anilines is 1. The first-order valence-corrected chi connectivity index (χ1v) is 6.47. The van der Waals surface area contributed by atoms with Crippen molar-refractivity contribution in [3.63, 3.8) is 0 Å². The van der Waals surface area contributed by atoms with E-state index >= 15 is 0 Å². The second-order valence-electron chi connectivity index (χ2n) is 4.53. The van der Waals surface area contributed by atoms with Crippen LogP contribution in [-0.2, 0) is 0 Å². The van der Waals surface area contributed by atoms with Gasteiger partial charge in [-0.25, -0.2) is 9.97 Å². The van der Waals surface area contributed by atoms with E-state index in [9.17, 15) is 0 Å². The second kappa shape index (κ2) is 4.58. The van der Waals surface area contributed by atoms with Gasteiger partial charge in [0.1, 0.15) is 11.6 Å². The number of halogens is 1. The van der Waals surface area contributed by atoms with Crippen LogP contribution in [0.5, 0.6) is 0 Å². The van der Waals surface area contributed by atoms with Gasteiger partial charge in [-0.05, 0) is 25.0 Å². The normalized spacial score (nSPS) is 14.6. The second-order valence-corrected chi connectivity index (χ2v) is 4.96. The van der Waals surface area contributed by atoms with Crippen LogP contribution in [0.3, 0.4) is 0 Å². The molecule has 1 N–H and O–H groups in total. The van der Waals surface area contributed by atoms with Crippen LogP contribution in [0.15, 0.2) is 30.3 Å². The van der Waals surface area contributed by atoms with Gasteiger partial charge in [-0.1, -0.05) is 23.7 Å². The summed E-state index contributed by atoms with van der Waals surface area (Å²) in [4.78, 5) is 9.16. The van der Waals surface area contributed by atoms with E-state index in [1.54, 1.807) is 0 Å². The van der Waals surface area contributed by atoms with Gasteiger partial charge >= 0.3 is 0 Å². The molecule has 0 radical (unpaired) electrons. The molecule has 0 amide bonds. The van der Waals surface area contributed by atoms with Crippen LogP contribution in [0, 0.1) is 0 Å². The van der Waals surface area contributed by atoms with Crippen LogP contribution >= 0.6 is 11.6 Å². The zero-order chi connectivity index (χ0) is 12.5. The summed E-state index contributed by atoms with van der Waals surface area (Å²) in [5.41, 5.74) is 2.02. The maximum absolute atomic E-state index is 5.90. The van der Waals surface area contributed by atoms with Gasteiger partial charge in [-0.3, -0.25) is 0 Å². The predicted octanol–water partition coefficient (Wildman–Crippen LogP) is 3.72. The minimum absolute atomic E-state index is 0.546. The standard InChI is InChI=1S/C14H14ClN3/c1-16-13-8-12(9-4-6-11(15)7-5-9)17-14(18-13)10-2-3-10/h4-8,10H,2-3H2,1H3,(H,16,17,18). The third kappa shape index (κ3) is 2.31. The number of aromatic nitrogens is 2. The number of hydrogen-bond acceptors (Lipinski definition) is 3. The molecule has 1 fully saturated rings. The van der Waals surface area contributed by atoms with Gasteiger partial charge < -0.3 is 5.32 Å². The van der Waals surface area contributed by atoms with E-state index in [2.05, 4.69) is 15.3 Å². The fraction of sp³-hybridized carbons (Fsp3) is 0.286. The molecule has 1 heterocycles. The maximum Gasteiger partial charge on any atom is 0.134 e. The minimum Gasteiger partial charge on any atom is -0.373 e. The van der Waals surface area contributed by atoms with Crippen molar-refractivity contribution in [1.82, 2.24) is 9.97 Å². The van der Waals surface area contributed by atoms with E-state index in [-0.39, 0.29) is 0 Å². The lowest BCUT2D eigenvalue weighted by molar-refractivity contribution is 0.932. The third-order valence-electron chi connectivity index (χ3n) is 3.08. The number of hydrogen-bond donors (Lipinski definition) is 1. The molecule has 0 saturated heterocycles. The highest BCUT2D eigenvalue weighted by Crippen LogP contribution is 2.39. The average molecular weight is 260 g/mol. The van der Waals surface area contributed by atoms with Gasteiger partial charge in [0.15, 0.2) is 0 Å². The van der Waals surface area contributed by atoms with Crippen molar-refractivity contribution in [3.05, 3.63) is 41.2 Å². The van der Waals surface area contributed by atoms with Crippen molar-refractivity contribution in [2.75, 3.05) is 12.4 Å². The van der Waals surface area contributed by atoms with Crippen LogP contribution in [0.4, 0.5) is 5.82 Å². The van der Waals surface area contributed by atoms with Gasteiger partial charge in [0.25, 0.3) is 0 Å². The zero-order valence-corrected chi connectivity index (χ0v) is 10.9. The third-order valence-corrected chi connectivity index (χ3v) is 3.33. The summed E-state index contributed by atoms with van der Waals surface area (Å²) in [5, 5.41) is 3.83. The van der Waals surface area contributed by atoms with Crippen molar-refractivity contribution < 1.29 is 0 Å². The number of nitrogens with zero attached hydrogens (tertiary/aromatic N) is 2. The van der Waals surface area contributed by atoms with E-state index in [0.717, 1.165) is 27.9 Å². The lowest BCUT2D eigenvalue weighted by atomic mass is 10.1. The zero-order valence-electron chi connectivity index (χ0n) is 10.2. The van der Waals surface area contributed by atoms with E-state index in [1.807, 2.05) is 37.4 Å². The lowest BCUT2D eigenvalue weighted by Gasteiger charge is -2.07. The summed E-state index contributed by atoms with van der Waals surface area (Å²) < 4.78 is 0. The van der Waals surface area contributed by atoms with Gasteiger partial charge in [0.2, 0.25) is 0 Å². The monoisotopic (exact) mass is 259 g/mol. The Bertz CT molecular complexity index is 562. The Hall–Kier alpha value is -1.61. The highest BCUT2D eigenvalue weighted by molar-refractivity contribution is 6.30. The molecule has 1 aliphatic rings. The molecule has 3 rings (SSSR count). The van der Waals surface area contributed by atoms with Gasteiger partial charge in [-0.2, -0.15) is 0 Å². The molecular formula is C14H14ClN3. The molecule has 1 aromatic heterocycles. The molecule has 0 unspecified atom stereocenters. The lowest BCUT2D eigenvalue weighted by Crippen LogP contribution is -2.00. The van der Waals surface area contributed by atoms with Crippen LogP contribution in [0.1, 0.15) is 24.6 Å². The SMILES string of the molecule is CNc1cc(-c2ccc(Cl)cc2)nc(C2CC2)n1. The van der Waals surface area contributed by atoms with E-state index in [4.69, 9.17) is 11.6 Å². The number of rotatable bonds is 3. The van der Waals surface area contributed by atoms with Crippen LogP contribution in [-0.4, -0.2) is 17.0 Å². The highest BCUT2D eigenvalue weighted by Gasteiger charge is 2.27. The summed E-state index contributed by atoms with van der Waals surface area (Å²) in [7, 11) is 1.88. The molecule has 1 aromatic carbocycles. The molecule has 1 saturated carbocycles. The maximum atomic E-state index is 5.90. The minimum atomic E-state index is 0.546. The Labute approximate surface area is 111 Å². The van der Waals surface area contributed by atoms with Crippen LogP contribution in [0.25, 0.3) is 11.3 Å². The van der Waals surface area contributed by atoms with Crippen molar-refractivity contribution in [3.8, 4) is 11.3 Å². The summed E-state index contributed by atoms with van der Waals surface area (Å²) in [5.74, 6) is 2.37. The van der Waals surface area contributed by atoms with Crippen molar-refractivity contribution >= 4 is 17.4 Å². The largest absolute Gasteiger partial charge is 0.373 e. The number of benzene rings is 1. The van der Waals surface area contributed by atoms with Gasteiger partial charge in [0, 0.05) is 29.6 Å². The molecule has 92 valence electrons. The molecule has 1 aliphatic carbocycles. The molecule has 3 nitrogen and oxygen atoms in total. The smallest absolute Gasteiger partial charge is 0.134 e. The predicted molar refractivity (Wildman–Crippen MR) is 74.0 cm³/mol. The summed E-state index contributed by atoms with van der Waals surface area (Å²) in [6, 6.07) is 9.71. The Morgan fingerprint density at radius 3 is 2.50 bits per heavy atom. The first-order chi connectivity index (χ1) is 8.76. The van der Waals surface area contributed by atoms with Gasteiger partial charge in [-0.15, -0.1) is 0 Å². The quantitative estimate of drug-likeness (QED) is 0.913. The molecule has 0 spiro atoms. The van der Waals surface area contributed by atoms with Crippen LogP contribution in [0.2, 0.25) is 5.02 Å². The summed E-state index contributed by atoms with van der Waals surface area (Å²) >= 11 is 5.90. The van der Waals surface area contributed by atoms with E-state index in [1.165, 1.54) is 12.8 Å². The van der Waals surface area contributed by atoms with Crippen molar-refractivity contribution in [2.24, 2.45) is 0 Å². The van der Waals surface area contributed by atoms with Crippen molar-refractivity contribution in [2.45, 2.75) is 18.8 Å². The molecule has 18 heavy (non-hydrogen) atoms. The van der Waals surface area contributed by atoms with Crippen LogP contribution < -0.4 is 5.32 Å². The summed E-state index contributed by atoms with van der Waals surface area (Å²) in [6.45, 7) is 0. The highest BCUT2D eigenvalue weighted by atomic mass is 35.5. The Balaban J connectivity index is 2.04. The Morgan fingerprint density at radius 2 is 1.89 bits per heavy atom. The average Bonchev–Trinajstić information content (AvgIpc) is 3.23. The molecule has 0 bridgehead atoms. The van der Waals surface area contributed by atoms with E-state index in [0.29, 0.717) is 5.92 Å². The van der Waals surface area contributed by atoms with Gasteiger partial charge in [0.05, 0.1) is 5.69 Å². The molecule has 4 heteroatoms. The first-order valence-electron chi connectivity index (χ1n) is 6.09. The van der Waals surface area contributed by atoms with E-state index < -0.39 is 0 Å². The fourth-order valence-corrected chi connectivity index (χ4v) is 2.01. The Morgan fingerprint density at radius 1 is 1.17 bits per heavy atom. The summed E-state index contributed by atoms with van der Waals surface area (Å²) in [6.07, 6.45) is 2.40. The Kier molecular flexibility index (Phi) is 2.92. The molecule has 2 aromatic rings. The molecule has 0 aliphatic heterocycles. The van der Waals surface area contributed by atoms with Crippen molar-refractivity contribution in [1.29, 1.82) is 0 Å². The fourth-order valence-electron chi connectivity index (χ4n) is 1.89. The molecular weight excluding hydrogens is 246 g/mol. The number of nitrogens with one attached hydrogen (secondary N) is 1. The first kappa shape index (κ1) is 11.5. The topological polar surface area (TPSA) is 37.8 Å². The molecule has 0 atom stereocenters.